The Morgan fingerprint density at radius 1 is 1.00 bits per heavy atom. The van der Waals surface area contributed by atoms with E-state index >= 15 is 0 Å². The molecule has 13 heavy (non-hydrogen) atoms. The van der Waals surface area contributed by atoms with Gasteiger partial charge in [0.15, 0.2) is 5.71 Å². The molecular formula is C12H14N+. The average molecular weight is 172 g/mol. The van der Waals surface area contributed by atoms with Gasteiger partial charge in [-0.25, -0.2) is 4.58 Å². The predicted molar refractivity (Wildman–Crippen MR) is 53.5 cm³/mol. The molecule has 1 aromatic carbocycles. The summed E-state index contributed by atoms with van der Waals surface area (Å²) in [5.41, 5.74) is 4.67. The summed E-state index contributed by atoms with van der Waals surface area (Å²) in [5.74, 6) is 0. The van der Waals surface area contributed by atoms with Gasteiger partial charge in [-0.05, 0) is 11.6 Å². The Bertz CT molecular complexity index is 376. The highest BCUT2D eigenvalue weighted by molar-refractivity contribution is 5.99. The van der Waals surface area contributed by atoms with Gasteiger partial charge in [-0.1, -0.05) is 18.2 Å². The maximum absolute atomic E-state index is 2.56. The van der Waals surface area contributed by atoms with E-state index < -0.39 is 0 Å². The molecule has 2 heterocycles. The van der Waals surface area contributed by atoms with Crippen LogP contribution >= 0.6 is 0 Å². The van der Waals surface area contributed by atoms with Crippen LogP contribution in [0.4, 0.5) is 0 Å². The number of hydrogen-bond acceptors (Lipinski definition) is 0. The largest absolute Gasteiger partial charge is 0.233 e. The lowest BCUT2D eigenvalue weighted by Crippen LogP contribution is -2.25. The molecule has 0 atom stereocenters. The van der Waals surface area contributed by atoms with E-state index in [4.69, 9.17) is 0 Å². The van der Waals surface area contributed by atoms with Crippen molar-refractivity contribution >= 4 is 5.71 Å². The van der Waals surface area contributed by atoms with Crippen LogP contribution < -0.4 is 0 Å². The Morgan fingerprint density at radius 3 is 2.92 bits per heavy atom. The van der Waals surface area contributed by atoms with Crippen molar-refractivity contribution in [3.63, 3.8) is 0 Å². The SMILES string of the molecule is c1ccc2c(c1)CC[N+]1=C2CCC1. The quantitative estimate of drug-likeness (QED) is 0.525. The first-order valence-electron chi connectivity index (χ1n) is 5.14. The highest BCUT2D eigenvalue weighted by Gasteiger charge is 2.28. The molecule has 1 aromatic rings. The van der Waals surface area contributed by atoms with Gasteiger partial charge in [0, 0.05) is 24.8 Å². The monoisotopic (exact) mass is 172 g/mol. The number of nitrogens with zero attached hydrogens (tertiary/aromatic N) is 1. The van der Waals surface area contributed by atoms with Gasteiger partial charge in [0.25, 0.3) is 0 Å². The second-order valence-electron chi connectivity index (χ2n) is 3.94. The highest BCUT2D eigenvalue weighted by Crippen LogP contribution is 2.21. The first-order valence-corrected chi connectivity index (χ1v) is 5.14. The second-order valence-corrected chi connectivity index (χ2v) is 3.94. The Balaban J connectivity index is 2.18. The van der Waals surface area contributed by atoms with Crippen molar-refractivity contribution in [2.75, 3.05) is 13.1 Å². The second kappa shape index (κ2) is 2.69. The van der Waals surface area contributed by atoms with Crippen LogP contribution in [-0.4, -0.2) is 23.4 Å². The molecular weight excluding hydrogens is 158 g/mol. The molecule has 66 valence electrons. The van der Waals surface area contributed by atoms with Crippen LogP contribution in [0.3, 0.4) is 0 Å². The summed E-state index contributed by atoms with van der Waals surface area (Å²) in [6, 6.07) is 8.87. The molecule has 0 bridgehead atoms. The van der Waals surface area contributed by atoms with Gasteiger partial charge >= 0.3 is 0 Å². The van der Waals surface area contributed by atoms with Crippen molar-refractivity contribution in [2.24, 2.45) is 0 Å². The van der Waals surface area contributed by atoms with E-state index in [1.807, 2.05) is 0 Å². The first-order chi connectivity index (χ1) is 6.45. The fourth-order valence-corrected chi connectivity index (χ4v) is 2.56. The van der Waals surface area contributed by atoms with Crippen LogP contribution in [0.15, 0.2) is 24.3 Å². The zero-order chi connectivity index (χ0) is 8.67. The topological polar surface area (TPSA) is 3.01 Å². The van der Waals surface area contributed by atoms with Crippen molar-refractivity contribution in [3.05, 3.63) is 35.4 Å². The Hall–Kier alpha value is -1.11. The Morgan fingerprint density at radius 2 is 1.92 bits per heavy atom. The minimum Gasteiger partial charge on any atom is -0.233 e. The fraction of sp³-hybridized carbons (Fsp3) is 0.417. The summed E-state index contributed by atoms with van der Waals surface area (Å²) < 4.78 is 2.56. The smallest absolute Gasteiger partial charge is 0.183 e. The maximum atomic E-state index is 2.56. The molecule has 0 N–H and O–H groups in total. The number of rotatable bonds is 0. The molecule has 0 fully saturated rings. The molecule has 1 heteroatoms. The summed E-state index contributed by atoms with van der Waals surface area (Å²) in [6.07, 6.45) is 3.88. The minimum absolute atomic E-state index is 1.24. The maximum Gasteiger partial charge on any atom is 0.183 e. The van der Waals surface area contributed by atoms with Crippen LogP contribution in [0, 0.1) is 0 Å². The van der Waals surface area contributed by atoms with E-state index in [1.54, 1.807) is 11.3 Å². The highest BCUT2D eigenvalue weighted by atomic mass is 15.0. The third-order valence-electron chi connectivity index (χ3n) is 3.20. The molecule has 0 saturated heterocycles. The van der Waals surface area contributed by atoms with Crippen molar-refractivity contribution in [2.45, 2.75) is 19.3 Å². The van der Waals surface area contributed by atoms with Crippen LogP contribution in [-0.2, 0) is 6.42 Å². The average Bonchev–Trinajstić information content (AvgIpc) is 2.65. The van der Waals surface area contributed by atoms with Crippen LogP contribution in [0.2, 0.25) is 0 Å². The van der Waals surface area contributed by atoms with Crippen molar-refractivity contribution in [1.82, 2.24) is 0 Å². The summed E-state index contributed by atoms with van der Waals surface area (Å²) in [7, 11) is 0. The third-order valence-corrected chi connectivity index (χ3v) is 3.20. The standard InChI is InChI=1S/C12H14N/c1-2-5-11-10(4-1)7-9-13-8-3-6-12(11)13/h1-2,4-5H,3,6-9H2/q+1. The van der Waals surface area contributed by atoms with E-state index in [9.17, 15) is 0 Å². The molecule has 1 nitrogen and oxygen atoms in total. The van der Waals surface area contributed by atoms with Crippen LogP contribution in [0.25, 0.3) is 0 Å². The lowest BCUT2D eigenvalue weighted by atomic mass is 9.97. The van der Waals surface area contributed by atoms with Gasteiger partial charge in [0.2, 0.25) is 0 Å². The summed E-state index contributed by atoms with van der Waals surface area (Å²) >= 11 is 0. The minimum atomic E-state index is 1.24. The van der Waals surface area contributed by atoms with Gasteiger partial charge in [0.05, 0.1) is 0 Å². The van der Waals surface area contributed by atoms with Gasteiger partial charge in [-0.15, -0.1) is 0 Å². The van der Waals surface area contributed by atoms with E-state index in [-0.39, 0.29) is 0 Å². The van der Waals surface area contributed by atoms with Crippen molar-refractivity contribution in [3.8, 4) is 0 Å². The summed E-state index contributed by atoms with van der Waals surface area (Å²) in [4.78, 5) is 0. The van der Waals surface area contributed by atoms with E-state index in [2.05, 4.69) is 28.8 Å². The lowest BCUT2D eigenvalue weighted by molar-refractivity contribution is -0.520. The molecule has 2 aliphatic rings. The molecule has 0 aromatic heterocycles. The lowest BCUT2D eigenvalue weighted by Gasteiger charge is -2.13. The molecule has 0 aliphatic carbocycles. The number of benzene rings is 1. The first kappa shape index (κ1) is 7.31. The molecule has 0 amide bonds. The van der Waals surface area contributed by atoms with Gasteiger partial charge in [0.1, 0.15) is 13.1 Å². The van der Waals surface area contributed by atoms with Gasteiger partial charge < -0.3 is 0 Å². The number of fused-ring (bicyclic) bond motifs is 2. The fourth-order valence-electron chi connectivity index (χ4n) is 2.56. The van der Waals surface area contributed by atoms with Crippen LogP contribution in [0.5, 0.6) is 0 Å². The normalized spacial score (nSPS) is 20.0. The molecule has 0 radical (unpaired) electrons. The third kappa shape index (κ3) is 1.03. The predicted octanol–water partition coefficient (Wildman–Crippen LogP) is 1.84. The Labute approximate surface area is 78.7 Å². The summed E-state index contributed by atoms with van der Waals surface area (Å²) in [6.45, 7) is 2.52. The van der Waals surface area contributed by atoms with Gasteiger partial charge in [-0.2, -0.15) is 0 Å². The summed E-state index contributed by atoms with van der Waals surface area (Å²) in [5, 5.41) is 0. The van der Waals surface area contributed by atoms with E-state index in [0.717, 1.165) is 0 Å². The van der Waals surface area contributed by atoms with Crippen molar-refractivity contribution < 1.29 is 4.58 Å². The molecule has 2 aliphatic heterocycles. The molecule has 0 saturated carbocycles. The van der Waals surface area contributed by atoms with Crippen molar-refractivity contribution in [1.29, 1.82) is 0 Å². The number of hydrogen-bond donors (Lipinski definition) is 0. The molecule has 0 unspecified atom stereocenters. The van der Waals surface area contributed by atoms with Crippen LogP contribution in [0.1, 0.15) is 24.0 Å². The van der Waals surface area contributed by atoms with E-state index in [0.29, 0.717) is 0 Å². The molecule has 0 spiro atoms. The van der Waals surface area contributed by atoms with Gasteiger partial charge in [-0.3, -0.25) is 0 Å². The zero-order valence-corrected chi connectivity index (χ0v) is 7.79. The van der Waals surface area contributed by atoms with E-state index in [1.165, 1.54) is 37.9 Å². The molecule has 3 rings (SSSR count). The Kier molecular flexibility index (Phi) is 1.51. The zero-order valence-electron chi connectivity index (χ0n) is 7.79.